The Bertz CT molecular complexity index is 490. The first-order chi connectivity index (χ1) is 9.99. The molecule has 1 atom stereocenters. The topological polar surface area (TPSA) is 49.8 Å². The fourth-order valence-electron chi connectivity index (χ4n) is 3.20. The largest absolute Gasteiger partial charge is 0.492 e. The van der Waals surface area contributed by atoms with Gasteiger partial charge in [0, 0.05) is 6.54 Å². The van der Waals surface area contributed by atoms with E-state index in [4.69, 9.17) is 4.74 Å². The second-order valence-electron chi connectivity index (χ2n) is 5.96. The maximum absolute atomic E-state index is 11.3. The van der Waals surface area contributed by atoms with Gasteiger partial charge in [0.25, 0.3) is 0 Å². The molecule has 2 rings (SSSR count). The van der Waals surface area contributed by atoms with Crippen LogP contribution >= 0.6 is 0 Å². The number of aliphatic carboxylic acids is 1. The van der Waals surface area contributed by atoms with Gasteiger partial charge in [-0.2, -0.15) is 0 Å². The molecule has 1 N–H and O–H groups in total. The summed E-state index contributed by atoms with van der Waals surface area (Å²) in [5.41, 5.74) is 3.51. The summed E-state index contributed by atoms with van der Waals surface area (Å²) in [6, 6.07) is 3.88. The first kappa shape index (κ1) is 15.8. The number of rotatable bonds is 5. The number of hydrogen-bond acceptors (Lipinski definition) is 3. The van der Waals surface area contributed by atoms with Gasteiger partial charge in [-0.05, 0) is 51.3 Å². The van der Waals surface area contributed by atoms with Gasteiger partial charge < -0.3 is 9.84 Å². The molecule has 4 nitrogen and oxygen atoms in total. The first-order valence-electron chi connectivity index (χ1n) is 7.66. The maximum Gasteiger partial charge on any atom is 0.320 e. The Labute approximate surface area is 126 Å². The highest BCUT2D eigenvalue weighted by atomic mass is 16.5. The van der Waals surface area contributed by atoms with Gasteiger partial charge in [-0.3, -0.25) is 9.69 Å². The lowest BCUT2D eigenvalue weighted by atomic mass is 10.0. The van der Waals surface area contributed by atoms with Gasteiger partial charge in [0.2, 0.25) is 0 Å². The third kappa shape index (κ3) is 3.97. The summed E-state index contributed by atoms with van der Waals surface area (Å²) in [7, 11) is 0. The molecule has 1 aromatic carbocycles. The Morgan fingerprint density at radius 1 is 1.29 bits per heavy atom. The van der Waals surface area contributed by atoms with Crippen LogP contribution in [0.3, 0.4) is 0 Å². The molecule has 0 bridgehead atoms. The lowest BCUT2D eigenvalue weighted by molar-refractivity contribution is -0.144. The van der Waals surface area contributed by atoms with Gasteiger partial charge in [-0.25, -0.2) is 0 Å². The van der Waals surface area contributed by atoms with E-state index in [-0.39, 0.29) is 6.04 Å². The molecule has 1 aliphatic rings. The summed E-state index contributed by atoms with van der Waals surface area (Å²) in [6.45, 7) is 8.24. The molecule has 1 aromatic rings. The summed E-state index contributed by atoms with van der Waals surface area (Å²) >= 11 is 0. The number of aryl methyl sites for hydroxylation is 3. The van der Waals surface area contributed by atoms with Crippen LogP contribution in [0.25, 0.3) is 0 Å². The van der Waals surface area contributed by atoms with E-state index in [9.17, 15) is 9.90 Å². The predicted octanol–water partition coefficient (Wildman–Crippen LogP) is 2.93. The number of nitrogens with zero attached hydrogens (tertiary/aromatic N) is 1. The van der Waals surface area contributed by atoms with Crippen LogP contribution in [0, 0.1) is 20.8 Å². The SMILES string of the molecule is Cc1cc(C)c(OCCN2CCCCC2C(=O)O)c(C)c1. The van der Waals surface area contributed by atoms with E-state index < -0.39 is 5.97 Å². The molecular formula is C17H25NO3. The zero-order valence-corrected chi connectivity index (χ0v) is 13.2. The van der Waals surface area contributed by atoms with Crippen molar-refractivity contribution in [1.82, 2.24) is 4.90 Å². The smallest absolute Gasteiger partial charge is 0.320 e. The van der Waals surface area contributed by atoms with E-state index in [1.807, 2.05) is 4.90 Å². The number of ether oxygens (including phenoxy) is 1. The van der Waals surface area contributed by atoms with Crippen molar-refractivity contribution in [3.05, 3.63) is 28.8 Å². The summed E-state index contributed by atoms with van der Waals surface area (Å²) in [5, 5.41) is 9.26. The zero-order valence-electron chi connectivity index (χ0n) is 13.2. The van der Waals surface area contributed by atoms with Crippen LogP contribution < -0.4 is 4.74 Å². The highest BCUT2D eigenvalue weighted by Crippen LogP contribution is 2.24. The third-order valence-electron chi connectivity index (χ3n) is 4.13. The first-order valence-corrected chi connectivity index (χ1v) is 7.66. The number of hydrogen-bond donors (Lipinski definition) is 1. The van der Waals surface area contributed by atoms with E-state index in [2.05, 4.69) is 32.9 Å². The van der Waals surface area contributed by atoms with E-state index in [1.54, 1.807) is 0 Å². The van der Waals surface area contributed by atoms with Crippen LogP contribution in [-0.2, 0) is 4.79 Å². The number of likely N-dealkylation sites (tertiary alicyclic amines) is 1. The van der Waals surface area contributed by atoms with Crippen molar-refractivity contribution in [1.29, 1.82) is 0 Å². The number of piperidine rings is 1. The minimum Gasteiger partial charge on any atom is -0.492 e. The number of benzene rings is 1. The van der Waals surface area contributed by atoms with Crippen molar-refractivity contribution in [2.24, 2.45) is 0 Å². The Hall–Kier alpha value is -1.55. The molecule has 0 spiro atoms. The van der Waals surface area contributed by atoms with Gasteiger partial charge in [0.15, 0.2) is 0 Å². The van der Waals surface area contributed by atoms with Gasteiger partial charge in [-0.15, -0.1) is 0 Å². The van der Waals surface area contributed by atoms with Crippen LogP contribution in [0.5, 0.6) is 5.75 Å². The van der Waals surface area contributed by atoms with Crippen molar-refractivity contribution in [3.8, 4) is 5.75 Å². The molecule has 0 aromatic heterocycles. The van der Waals surface area contributed by atoms with Crippen molar-refractivity contribution in [2.75, 3.05) is 19.7 Å². The highest BCUT2D eigenvalue weighted by Gasteiger charge is 2.27. The molecule has 0 amide bonds. The molecule has 116 valence electrons. The lowest BCUT2D eigenvalue weighted by Gasteiger charge is -2.32. The average molecular weight is 291 g/mol. The molecular weight excluding hydrogens is 266 g/mol. The molecule has 0 radical (unpaired) electrons. The molecule has 1 unspecified atom stereocenters. The second-order valence-corrected chi connectivity index (χ2v) is 5.96. The van der Waals surface area contributed by atoms with E-state index in [0.717, 1.165) is 42.7 Å². The van der Waals surface area contributed by atoms with Crippen LogP contribution in [0.15, 0.2) is 12.1 Å². The fraction of sp³-hybridized carbons (Fsp3) is 0.588. The average Bonchev–Trinajstić information content (AvgIpc) is 2.42. The van der Waals surface area contributed by atoms with E-state index >= 15 is 0 Å². The van der Waals surface area contributed by atoms with E-state index in [1.165, 1.54) is 5.56 Å². The molecule has 1 aliphatic heterocycles. The molecule has 0 saturated carbocycles. The Kier molecular flexibility index (Phi) is 5.23. The van der Waals surface area contributed by atoms with Crippen molar-refractivity contribution < 1.29 is 14.6 Å². The van der Waals surface area contributed by atoms with Gasteiger partial charge in [0.05, 0.1) is 0 Å². The monoisotopic (exact) mass is 291 g/mol. The Morgan fingerprint density at radius 2 is 1.95 bits per heavy atom. The van der Waals surface area contributed by atoms with Gasteiger partial charge in [-0.1, -0.05) is 24.1 Å². The van der Waals surface area contributed by atoms with Crippen LogP contribution in [0.2, 0.25) is 0 Å². The third-order valence-corrected chi connectivity index (χ3v) is 4.13. The fourth-order valence-corrected chi connectivity index (χ4v) is 3.20. The van der Waals surface area contributed by atoms with Crippen molar-refractivity contribution in [2.45, 2.75) is 46.1 Å². The predicted molar refractivity (Wildman–Crippen MR) is 83.0 cm³/mol. The molecule has 4 heteroatoms. The summed E-state index contributed by atoms with van der Waals surface area (Å²) in [5.74, 6) is 0.224. The summed E-state index contributed by atoms with van der Waals surface area (Å²) < 4.78 is 5.92. The minimum atomic E-state index is -0.711. The lowest BCUT2D eigenvalue weighted by Crippen LogP contribution is -2.46. The molecule has 1 fully saturated rings. The Balaban J connectivity index is 1.93. The van der Waals surface area contributed by atoms with Crippen molar-refractivity contribution >= 4 is 5.97 Å². The second kappa shape index (κ2) is 6.94. The molecule has 1 saturated heterocycles. The normalized spacial score (nSPS) is 19.5. The molecule has 1 heterocycles. The maximum atomic E-state index is 11.3. The molecule has 0 aliphatic carbocycles. The van der Waals surface area contributed by atoms with E-state index in [0.29, 0.717) is 13.2 Å². The highest BCUT2D eigenvalue weighted by molar-refractivity contribution is 5.73. The number of carboxylic acid groups (broad SMARTS) is 1. The van der Waals surface area contributed by atoms with Crippen LogP contribution in [0.1, 0.15) is 36.0 Å². The Morgan fingerprint density at radius 3 is 2.57 bits per heavy atom. The molecule has 21 heavy (non-hydrogen) atoms. The minimum absolute atomic E-state index is 0.345. The zero-order chi connectivity index (χ0) is 15.4. The quantitative estimate of drug-likeness (QED) is 0.906. The van der Waals surface area contributed by atoms with Gasteiger partial charge in [0.1, 0.15) is 18.4 Å². The van der Waals surface area contributed by atoms with Crippen LogP contribution in [-0.4, -0.2) is 41.7 Å². The van der Waals surface area contributed by atoms with Gasteiger partial charge >= 0.3 is 5.97 Å². The summed E-state index contributed by atoms with van der Waals surface area (Å²) in [4.78, 5) is 13.3. The summed E-state index contributed by atoms with van der Waals surface area (Å²) in [6.07, 6.45) is 2.83. The number of carboxylic acids is 1. The standard InChI is InChI=1S/C17H25NO3/c1-12-10-13(2)16(14(3)11-12)21-9-8-18-7-5-4-6-15(18)17(19)20/h10-11,15H,4-9H2,1-3H3,(H,19,20). The van der Waals surface area contributed by atoms with Crippen LogP contribution in [0.4, 0.5) is 0 Å². The van der Waals surface area contributed by atoms with Crippen molar-refractivity contribution in [3.63, 3.8) is 0 Å². The number of carbonyl (C=O) groups is 1.